The first kappa shape index (κ1) is 16.0. The summed E-state index contributed by atoms with van der Waals surface area (Å²) in [6, 6.07) is 14.4. The van der Waals surface area contributed by atoms with Crippen molar-refractivity contribution < 1.29 is 14.3 Å². The monoisotopic (exact) mass is 296 g/mol. The number of ether oxygens (including phenoxy) is 1. The Kier molecular flexibility index (Phi) is 5.48. The summed E-state index contributed by atoms with van der Waals surface area (Å²) in [6.45, 7) is 3.50. The number of benzene rings is 2. The maximum atomic E-state index is 12.5. The third-order valence-corrected chi connectivity index (χ3v) is 3.39. The molecule has 0 radical (unpaired) electrons. The lowest BCUT2D eigenvalue weighted by Gasteiger charge is -2.06. The molecular formula is C19H20O3. The van der Waals surface area contributed by atoms with Crippen molar-refractivity contribution in [1.29, 1.82) is 0 Å². The molecule has 0 bridgehead atoms. The summed E-state index contributed by atoms with van der Waals surface area (Å²) in [5.41, 5.74) is 2.40. The number of carbonyl (C=O) groups is 2. The number of rotatable bonds is 6. The molecule has 0 saturated heterocycles. The van der Waals surface area contributed by atoms with Crippen LogP contribution in [0.5, 0.6) is 5.75 Å². The van der Waals surface area contributed by atoms with Gasteiger partial charge in [-0.3, -0.25) is 9.59 Å². The van der Waals surface area contributed by atoms with Crippen molar-refractivity contribution in [2.24, 2.45) is 0 Å². The highest BCUT2D eigenvalue weighted by Gasteiger charge is 2.10. The Labute approximate surface area is 130 Å². The van der Waals surface area contributed by atoms with E-state index >= 15 is 0 Å². The van der Waals surface area contributed by atoms with Crippen molar-refractivity contribution in [3.05, 3.63) is 65.2 Å². The van der Waals surface area contributed by atoms with Crippen LogP contribution in [-0.4, -0.2) is 11.8 Å². The van der Waals surface area contributed by atoms with Gasteiger partial charge in [-0.25, -0.2) is 0 Å². The van der Waals surface area contributed by atoms with Crippen molar-refractivity contribution in [2.75, 3.05) is 0 Å². The average molecular weight is 296 g/mol. The van der Waals surface area contributed by atoms with E-state index in [0.29, 0.717) is 16.9 Å². The molecule has 0 unspecified atom stereocenters. The zero-order valence-electron chi connectivity index (χ0n) is 13.0. The van der Waals surface area contributed by atoms with Crippen LogP contribution in [0.1, 0.15) is 48.2 Å². The summed E-state index contributed by atoms with van der Waals surface area (Å²) in [7, 11) is 0. The third kappa shape index (κ3) is 4.29. The fourth-order valence-corrected chi connectivity index (χ4v) is 2.24. The molecule has 0 aliphatic carbocycles. The largest absolute Gasteiger partial charge is 0.427 e. The third-order valence-electron chi connectivity index (χ3n) is 3.39. The number of unbranched alkanes of at least 4 members (excludes halogenated alkanes) is 1. The normalized spacial score (nSPS) is 10.3. The summed E-state index contributed by atoms with van der Waals surface area (Å²) in [5.74, 6) is -0.0844. The van der Waals surface area contributed by atoms with Crippen LogP contribution in [-0.2, 0) is 11.2 Å². The molecule has 0 saturated carbocycles. The molecule has 2 aromatic rings. The quantitative estimate of drug-likeness (QED) is 0.456. The molecule has 2 rings (SSSR count). The minimum absolute atomic E-state index is 0.0731. The fourth-order valence-electron chi connectivity index (χ4n) is 2.24. The summed E-state index contributed by atoms with van der Waals surface area (Å²) in [4.78, 5) is 23.5. The smallest absolute Gasteiger partial charge is 0.308 e. The van der Waals surface area contributed by atoms with Crippen LogP contribution in [0.4, 0.5) is 0 Å². The molecule has 0 N–H and O–H groups in total. The molecule has 0 aliphatic heterocycles. The highest BCUT2D eigenvalue weighted by atomic mass is 16.5. The maximum absolute atomic E-state index is 12.5. The second-order valence-corrected chi connectivity index (χ2v) is 5.25. The van der Waals surface area contributed by atoms with Crippen molar-refractivity contribution in [3.8, 4) is 5.75 Å². The van der Waals surface area contributed by atoms with E-state index < -0.39 is 5.97 Å². The van der Waals surface area contributed by atoms with Gasteiger partial charge in [-0.2, -0.15) is 0 Å². The highest BCUT2D eigenvalue weighted by molar-refractivity contribution is 6.09. The SMILES string of the molecule is CCCCc1ccc(C(=O)c2cccc(OC(C)=O)c2)cc1. The lowest BCUT2D eigenvalue weighted by Crippen LogP contribution is -2.04. The molecule has 2 aromatic carbocycles. The number of aryl methyl sites for hydroxylation is 1. The van der Waals surface area contributed by atoms with Crippen LogP contribution in [0.2, 0.25) is 0 Å². The molecule has 0 fully saturated rings. The van der Waals surface area contributed by atoms with Crippen LogP contribution in [0.15, 0.2) is 48.5 Å². The molecular weight excluding hydrogens is 276 g/mol. The number of esters is 1. The standard InChI is InChI=1S/C19H20O3/c1-3-4-6-15-9-11-16(12-10-15)19(21)17-7-5-8-18(13-17)22-14(2)20/h5,7-13H,3-4,6H2,1-2H3. The highest BCUT2D eigenvalue weighted by Crippen LogP contribution is 2.18. The van der Waals surface area contributed by atoms with E-state index in [1.807, 2.05) is 24.3 Å². The predicted octanol–water partition coefficient (Wildman–Crippen LogP) is 4.19. The van der Waals surface area contributed by atoms with Crippen molar-refractivity contribution >= 4 is 11.8 Å². The molecule has 3 nitrogen and oxygen atoms in total. The van der Waals surface area contributed by atoms with E-state index in [9.17, 15) is 9.59 Å². The summed E-state index contributed by atoms with van der Waals surface area (Å²) in [5, 5.41) is 0. The second-order valence-electron chi connectivity index (χ2n) is 5.25. The maximum Gasteiger partial charge on any atom is 0.308 e. The van der Waals surface area contributed by atoms with E-state index in [1.54, 1.807) is 24.3 Å². The number of hydrogen-bond donors (Lipinski definition) is 0. The van der Waals surface area contributed by atoms with Gasteiger partial charge in [-0.05, 0) is 30.5 Å². The van der Waals surface area contributed by atoms with Crippen molar-refractivity contribution in [3.63, 3.8) is 0 Å². The summed E-state index contributed by atoms with van der Waals surface area (Å²) < 4.78 is 5.01. The van der Waals surface area contributed by atoms with Crippen LogP contribution in [0, 0.1) is 0 Å². The molecule has 114 valence electrons. The van der Waals surface area contributed by atoms with Crippen LogP contribution in [0.3, 0.4) is 0 Å². The van der Waals surface area contributed by atoms with E-state index in [1.165, 1.54) is 12.5 Å². The van der Waals surface area contributed by atoms with Crippen molar-refractivity contribution in [2.45, 2.75) is 33.1 Å². The van der Waals surface area contributed by atoms with Gasteiger partial charge < -0.3 is 4.74 Å². The second kappa shape index (κ2) is 7.55. The van der Waals surface area contributed by atoms with Gasteiger partial charge in [0.2, 0.25) is 0 Å². The summed E-state index contributed by atoms with van der Waals surface area (Å²) in [6.07, 6.45) is 3.34. The Morgan fingerprint density at radius 3 is 2.36 bits per heavy atom. The first-order chi connectivity index (χ1) is 10.6. The predicted molar refractivity (Wildman–Crippen MR) is 86.2 cm³/mol. The average Bonchev–Trinajstić information content (AvgIpc) is 2.52. The number of hydrogen-bond acceptors (Lipinski definition) is 3. The van der Waals surface area contributed by atoms with E-state index in [0.717, 1.165) is 19.3 Å². The van der Waals surface area contributed by atoms with Gasteiger partial charge in [0.25, 0.3) is 0 Å². The van der Waals surface area contributed by atoms with E-state index in [2.05, 4.69) is 6.92 Å². The molecule has 22 heavy (non-hydrogen) atoms. The topological polar surface area (TPSA) is 43.4 Å². The van der Waals surface area contributed by atoms with Gasteiger partial charge in [0.05, 0.1) is 0 Å². The van der Waals surface area contributed by atoms with Gasteiger partial charge in [-0.15, -0.1) is 0 Å². The van der Waals surface area contributed by atoms with Crippen LogP contribution >= 0.6 is 0 Å². The lowest BCUT2D eigenvalue weighted by atomic mass is 10.0. The van der Waals surface area contributed by atoms with Gasteiger partial charge >= 0.3 is 5.97 Å². The summed E-state index contributed by atoms with van der Waals surface area (Å²) >= 11 is 0. The molecule has 0 aliphatic rings. The molecule has 0 amide bonds. The Morgan fingerprint density at radius 2 is 1.73 bits per heavy atom. The molecule has 0 aromatic heterocycles. The minimum Gasteiger partial charge on any atom is -0.427 e. The van der Waals surface area contributed by atoms with Crippen LogP contribution < -0.4 is 4.74 Å². The first-order valence-corrected chi connectivity index (χ1v) is 7.52. The minimum atomic E-state index is -0.398. The first-order valence-electron chi connectivity index (χ1n) is 7.52. The van der Waals surface area contributed by atoms with Crippen molar-refractivity contribution in [1.82, 2.24) is 0 Å². The van der Waals surface area contributed by atoms with Crippen LogP contribution in [0.25, 0.3) is 0 Å². The molecule has 0 spiro atoms. The Hall–Kier alpha value is -2.42. The number of carbonyl (C=O) groups excluding carboxylic acids is 2. The van der Waals surface area contributed by atoms with Gasteiger partial charge in [0.15, 0.2) is 5.78 Å². The zero-order chi connectivity index (χ0) is 15.9. The fraction of sp³-hybridized carbons (Fsp3) is 0.263. The molecule has 3 heteroatoms. The molecule has 0 heterocycles. The Morgan fingerprint density at radius 1 is 1.00 bits per heavy atom. The molecule has 0 atom stereocenters. The number of ketones is 1. The zero-order valence-corrected chi connectivity index (χ0v) is 13.0. The van der Waals surface area contributed by atoms with E-state index in [-0.39, 0.29) is 5.78 Å². The lowest BCUT2D eigenvalue weighted by molar-refractivity contribution is -0.131. The Balaban J connectivity index is 2.15. The van der Waals surface area contributed by atoms with Gasteiger partial charge in [0.1, 0.15) is 5.75 Å². The van der Waals surface area contributed by atoms with E-state index in [4.69, 9.17) is 4.74 Å². The Bertz CT molecular complexity index is 657. The van der Waals surface area contributed by atoms with Gasteiger partial charge in [0, 0.05) is 18.1 Å². The van der Waals surface area contributed by atoms with Gasteiger partial charge in [-0.1, -0.05) is 49.7 Å².